The van der Waals surface area contributed by atoms with E-state index in [2.05, 4.69) is 40.1 Å². The van der Waals surface area contributed by atoms with E-state index in [-0.39, 0.29) is 17.6 Å². The van der Waals surface area contributed by atoms with Gasteiger partial charge in [0.15, 0.2) is 0 Å². The maximum absolute atomic E-state index is 11.2. The van der Waals surface area contributed by atoms with Gasteiger partial charge in [0.1, 0.15) is 5.76 Å². The summed E-state index contributed by atoms with van der Waals surface area (Å²) in [5.41, 5.74) is 4.73. The largest absolute Gasteiger partial charge is 0.390 e. The fraction of sp³-hybridized carbons (Fsp3) is 0.571. The Balaban J connectivity index is 1.45. The molecule has 2 aromatic rings. The number of hydrogen-bond donors (Lipinski definition) is 3. The molecular formula is C21H29N3O2. The molecule has 140 valence electrons. The minimum Gasteiger partial charge on any atom is -0.390 e. The average Bonchev–Trinajstić information content (AvgIpc) is 3.10. The Morgan fingerprint density at radius 2 is 2.04 bits per heavy atom. The third-order valence-corrected chi connectivity index (χ3v) is 6.36. The second-order valence-electron chi connectivity index (χ2n) is 7.78. The van der Waals surface area contributed by atoms with Gasteiger partial charge in [-0.1, -0.05) is 29.4 Å². The second kappa shape index (κ2) is 7.14. The lowest BCUT2D eigenvalue weighted by Crippen LogP contribution is -2.48. The third kappa shape index (κ3) is 2.88. The van der Waals surface area contributed by atoms with Crippen molar-refractivity contribution < 1.29 is 9.63 Å². The number of rotatable bonds is 5. The predicted molar refractivity (Wildman–Crippen MR) is 101 cm³/mol. The number of nitrogens with zero attached hydrogens (tertiary/aromatic N) is 1. The molecule has 1 aliphatic carbocycles. The lowest BCUT2D eigenvalue weighted by molar-refractivity contribution is 0.0444. The van der Waals surface area contributed by atoms with Gasteiger partial charge in [0.05, 0.1) is 17.8 Å². The Labute approximate surface area is 155 Å². The van der Waals surface area contributed by atoms with E-state index in [1.54, 1.807) is 0 Å². The van der Waals surface area contributed by atoms with Crippen LogP contribution in [0.15, 0.2) is 28.8 Å². The van der Waals surface area contributed by atoms with Gasteiger partial charge in [-0.15, -0.1) is 0 Å². The Kier molecular flexibility index (Phi) is 4.86. The van der Waals surface area contributed by atoms with Gasteiger partial charge in [0, 0.05) is 11.0 Å². The van der Waals surface area contributed by atoms with Crippen molar-refractivity contribution in [3.63, 3.8) is 0 Å². The van der Waals surface area contributed by atoms with Crippen molar-refractivity contribution in [1.29, 1.82) is 0 Å². The van der Waals surface area contributed by atoms with Gasteiger partial charge >= 0.3 is 0 Å². The van der Waals surface area contributed by atoms with E-state index in [1.165, 1.54) is 16.7 Å². The molecule has 0 saturated carbocycles. The van der Waals surface area contributed by atoms with Crippen LogP contribution in [0, 0.1) is 13.8 Å². The average molecular weight is 355 g/mol. The van der Waals surface area contributed by atoms with Crippen LogP contribution in [0.3, 0.4) is 0 Å². The summed E-state index contributed by atoms with van der Waals surface area (Å²) < 4.78 is 5.25. The number of fused-ring (bicyclic) bond motifs is 2. The van der Waals surface area contributed by atoms with Crippen molar-refractivity contribution in [2.45, 2.75) is 57.1 Å². The summed E-state index contributed by atoms with van der Waals surface area (Å²) in [5.74, 6) is 0.919. The SMILES string of the molecule is Cc1noc(C)c1CCCN[C@@H]1c2ccccc2C2(CCNCC2)[C@H]1O. The Bertz CT molecular complexity index is 745. The molecule has 0 bridgehead atoms. The van der Waals surface area contributed by atoms with Crippen LogP contribution in [-0.4, -0.2) is 36.0 Å². The van der Waals surface area contributed by atoms with Gasteiger partial charge in [-0.2, -0.15) is 0 Å². The van der Waals surface area contributed by atoms with E-state index in [4.69, 9.17) is 4.52 Å². The summed E-state index contributed by atoms with van der Waals surface area (Å²) in [7, 11) is 0. The first kappa shape index (κ1) is 17.7. The normalized spacial score (nSPS) is 24.1. The van der Waals surface area contributed by atoms with Gasteiger partial charge < -0.3 is 20.3 Å². The Morgan fingerprint density at radius 1 is 1.27 bits per heavy atom. The molecule has 5 nitrogen and oxygen atoms in total. The van der Waals surface area contributed by atoms with E-state index in [0.29, 0.717) is 0 Å². The molecule has 1 aromatic carbocycles. The quantitative estimate of drug-likeness (QED) is 0.719. The maximum Gasteiger partial charge on any atom is 0.137 e. The van der Waals surface area contributed by atoms with Gasteiger partial charge in [0.2, 0.25) is 0 Å². The van der Waals surface area contributed by atoms with Gasteiger partial charge in [-0.3, -0.25) is 0 Å². The lowest BCUT2D eigenvalue weighted by Gasteiger charge is -2.39. The molecule has 5 heteroatoms. The number of piperidine rings is 1. The van der Waals surface area contributed by atoms with E-state index < -0.39 is 0 Å². The molecule has 2 aliphatic rings. The highest BCUT2D eigenvalue weighted by Crippen LogP contribution is 2.49. The Morgan fingerprint density at radius 3 is 2.77 bits per heavy atom. The number of benzene rings is 1. The van der Waals surface area contributed by atoms with Crippen molar-refractivity contribution in [3.8, 4) is 0 Å². The van der Waals surface area contributed by atoms with E-state index in [9.17, 15) is 5.11 Å². The minimum atomic E-state index is -0.360. The van der Waals surface area contributed by atoms with Gasteiger partial charge in [0.25, 0.3) is 0 Å². The van der Waals surface area contributed by atoms with Crippen molar-refractivity contribution >= 4 is 0 Å². The molecule has 1 aromatic heterocycles. The van der Waals surface area contributed by atoms with Crippen LogP contribution < -0.4 is 10.6 Å². The number of aliphatic hydroxyl groups is 1. The summed E-state index contributed by atoms with van der Waals surface area (Å²) in [4.78, 5) is 0. The van der Waals surface area contributed by atoms with Crippen LogP contribution in [0.4, 0.5) is 0 Å². The summed E-state index contributed by atoms with van der Waals surface area (Å²) >= 11 is 0. The zero-order valence-electron chi connectivity index (χ0n) is 15.7. The van der Waals surface area contributed by atoms with Gasteiger partial charge in [-0.25, -0.2) is 0 Å². The third-order valence-electron chi connectivity index (χ3n) is 6.36. The molecule has 0 amide bonds. The summed E-state index contributed by atoms with van der Waals surface area (Å²) in [6.45, 7) is 6.79. The Hall–Kier alpha value is -1.69. The molecule has 26 heavy (non-hydrogen) atoms. The zero-order valence-corrected chi connectivity index (χ0v) is 15.7. The first-order chi connectivity index (χ1) is 12.6. The molecule has 0 radical (unpaired) electrons. The standard InChI is InChI=1S/C21H29N3O2/c1-14-16(15(2)26-24-14)7-5-11-23-19-17-6-3-4-8-18(17)21(20(19)25)9-12-22-13-10-21/h3-4,6,8,19-20,22-23,25H,5,7,9-13H2,1-2H3/t19-,20+/m1/s1. The second-order valence-corrected chi connectivity index (χ2v) is 7.78. The smallest absolute Gasteiger partial charge is 0.137 e. The molecule has 1 spiro atoms. The molecule has 0 unspecified atom stereocenters. The lowest BCUT2D eigenvalue weighted by atomic mass is 9.72. The molecule has 4 rings (SSSR count). The highest BCUT2D eigenvalue weighted by molar-refractivity contribution is 5.45. The topological polar surface area (TPSA) is 70.3 Å². The van der Waals surface area contributed by atoms with Crippen LogP contribution in [0.2, 0.25) is 0 Å². The van der Waals surface area contributed by atoms with E-state index in [0.717, 1.165) is 56.8 Å². The van der Waals surface area contributed by atoms with Crippen LogP contribution in [0.25, 0.3) is 0 Å². The minimum absolute atomic E-state index is 0.0222. The summed E-state index contributed by atoms with van der Waals surface area (Å²) in [5, 5.41) is 22.3. The first-order valence-electron chi connectivity index (χ1n) is 9.77. The van der Waals surface area contributed by atoms with Crippen molar-refractivity contribution in [2.24, 2.45) is 0 Å². The predicted octanol–water partition coefficient (Wildman–Crippen LogP) is 2.55. The van der Waals surface area contributed by atoms with Crippen LogP contribution in [0.5, 0.6) is 0 Å². The van der Waals surface area contributed by atoms with E-state index in [1.807, 2.05) is 13.8 Å². The van der Waals surface area contributed by atoms with E-state index >= 15 is 0 Å². The number of nitrogens with one attached hydrogen (secondary N) is 2. The van der Waals surface area contributed by atoms with Crippen LogP contribution >= 0.6 is 0 Å². The molecule has 3 N–H and O–H groups in total. The zero-order chi connectivity index (χ0) is 18.1. The summed E-state index contributed by atoms with van der Waals surface area (Å²) in [6.07, 6.45) is 3.60. The van der Waals surface area contributed by atoms with Crippen LogP contribution in [0.1, 0.15) is 53.4 Å². The number of hydrogen-bond acceptors (Lipinski definition) is 5. The molecule has 2 atom stereocenters. The molecular weight excluding hydrogens is 326 g/mol. The maximum atomic E-state index is 11.2. The first-order valence-corrected chi connectivity index (χ1v) is 9.77. The molecule has 1 saturated heterocycles. The van der Waals surface area contributed by atoms with Crippen molar-refractivity contribution in [1.82, 2.24) is 15.8 Å². The van der Waals surface area contributed by atoms with Gasteiger partial charge in [-0.05, 0) is 70.3 Å². The highest BCUT2D eigenvalue weighted by atomic mass is 16.5. The van der Waals surface area contributed by atoms with Crippen LogP contribution in [-0.2, 0) is 11.8 Å². The fourth-order valence-corrected chi connectivity index (χ4v) is 4.91. The van der Waals surface area contributed by atoms with Crippen molar-refractivity contribution in [3.05, 3.63) is 52.4 Å². The molecule has 2 heterocycles. The fourth-order valence-electron chi connectivity index (χ4n) is 4.91. The molecule has 1 aliphatic heterocycles. The van der Waals surface area contributed by atoms with Crippen molar-refractivity contribution in [2.75, 3.05) is 19.6 Å². The number of aryl methyl sites for hydroxylation is 2. The highest BCUT2D eigenvalue weighted by Gasteiger charge is 2.51. The number of aliphatic hydroxyl groups excluding tert-OH is 1. The molecule has 1 fully saturated rings. The number of aromatic nitrogens is 1. The summed E-state index contributed by atoms with van der Waals surface area (Å²) in [6, 6.07) is 8.62. The monoisotopic (exact) mass is 355 g/mol.